The number of carboxylic acid groups (broad SMARTS) is 1. The van der Waals surface area contributed by atoms with E-state index in [1.165, 1.54) is 12.1 Å². The average molecular weight is 323 g/mol. The summed E-state index contributed by atoms with van der Waals surface area (Å²) < 4.78 is 12.1. The number of aromatic carboxylic acids is 1. The van der Waals surface area contributed by atoms with E-state index in [2.05, 4.69) is 0 Å². The van der Waals surface area contributed by atoms with Gasteiger partial charge in [0.25, 0.3) is 0 Å². The smallest absolute Gasteiger partial charge is 0.335 e. The number of rotatable bonds is 5. The Morgan fingerprint density at radius 3 is 2.45 bits per heavy atom. The van der Waals surface area contributed by atoms with Crippen LogP contribution in [0, 0.1) is 0 Å². The summed E-state index contributed by atoms with van der Waals surface area (Å²) in [5.74, 6) is -0.847. The Bertz CT molecular complexity index is 565. The van der Waals surface area contributed by atoms with Crippen molar-refractivity contribution in [1.82, 2.24) is 4.90 Å². The molecular weight excluding hydrogens is 302 g/mol. The fourth-order valence-electron chi connectivity index (χ4n) is 2.58. The summed E-state index contributed by atoms with van der Waals surface area (Å²) in [7, 11) is -1.31. The fraction of sp³-hybridized carbons (Fsp3) is 0.500. The highest BCUT2D eigenvalue weighted by Crippen LogP contribution is 2.12. The van der Waals surface area contributed by atoms with Crippen molar-refractivity contribution in [2.45, 2.75) is 31.4 Å². The molecule has 0 saturated carbocycles. The van der Waals surface area contributed by atoms with Crippen LogP contribution in [0.25, 0.3) is 0 Å². The summed E-state index contributed by atoms with van der Waals surface area (Å²) in [5, 5.41) is 8.95. The molecule has 0 radical (unpaired) electrons. The van der Waals surface area contributed by atoms with E-state index < -0.39 is 16.8 Å². The largest absolute Gasteiger partial charge is 0.478 e. The fourth-order valence-corrected chi connectivity index (χ4v) is 3.69. The summed E-state index contributed by atoms with van der Waals surface area (Å²) in [6.45, 7) is 1.51. The van der Waals surface area contributed by atoms with Gasteiger partial charge in [0.1, 0.15) is 5.75 Å². The first-order valence-corrected chi connectivity index (χ1v) is 9.00. The molecule has 0 aromatic heterocycles. The molecule has 1 fully saturated rings. The van der Waals surface area contributed by atoms with E-state index >= 15 is 0 Å². The third kappa shape index (κ3) is 4.94. The Balaban J connectivity index is 1.90. The lowest BCUT2D eigenvalue weighted by Gasteiger charge is -2.19. The molecule has 1 heterocycles. The molecule has 0 bridgehead atoms. The quantitative estimate of drug-likeness (QED) is 0.900. The molecule has 6 heteroatoms. The summed E-state index contributed by atoms with van der Waals surface area (Å²) in [4.78, 5) is 24.9. The van der Waals surface area contributed by atoms with Gasteiger partial charge in [0.2, 0.25) is 5.91 Å². The third-order valence-electron chi connectivity index (χ3n) is 3.74. The molecule has 5 nitrogen and oxygen atoms in total. The molecule has 1 aromatic rings. The van der Waals surface area contributed by atoms with Crippen molar-refractivity contribution >= 4 is 22.7 Å². The first-order valence-electron chi connectivity index (χ1n) is 7.51. The predicted molar refractivity (Wildman–Crippen MR) is 85.2 cm³/mol. The maximum atomic E-state index is 12.2. The molecule has 1 saturated heterocycles. The van der Waals surface area contributed by atoms with Crippen molar-refractivity contribution < 1.29 is 18.9 Å². The Morgan fingerprint density at radius 2 is 1.82 bits per heavy atom. The van der Waals surface area contributed by atoms with Gasteiger partial charge < -0.3 is 10.0 Å². The minimum absolute atomic E-state index is 0.0112. The highest BCUT2D eigenvalue weighted by molar-refractivity contribution is 7.84. The maximum absolute atomic E-state index is 12.2. The zero-order chi connectivity index (χ0) is 15.9. The van der Waals surface area contributed by atoms with Crippen LogP contribution in [-0.2, 0) is 21.3 Å². The van der Waals surface area contributed by atoms with Crippen molar-refractivity contribution in [2.75, 3.05) is 18.8 Å². The molecule has 1 unspecified atom stereocenters. The molecule has 1 amide bonds. The van der Waals surface area contributed by atoms with Gasteiger partial charge in [-0.3, -0.25) is 9.00 Å². The van der Waals surface area contributed by atoms with Crippen LogP contribution in [0.1, 0.15) is 41.6 Å². The van der Waals surface area contributed by atoms with Crippen molar-refractivity contribution in [3.05, 3.63) is 35.4 Å². The summed E-state index contributed by atoms with van der Waals surface area (Å²) in [6.07, 6.45) is 4.32. The number of likely N-dealkylation sites (tertiary alicyclic amines) is 1. The van der Waals surface area contributed by atoms with Gasteiger partial charge >= 0.3 is 5.97 Å². The van der Waals surface area contributed by atoms with Gasteiger partial charge in [-0.25, -0.2) is 4.79 Å². The zero-order valence-electron chi connectivity index (χ0n) is 12.5. The molecule has 1 aliphatic rings. The lowest BCUT2D eigenvalue weighted by molar-refractivity contribution is -0.128. The third-order valence-corrected chi connectivity index (χ3v) is 4.97. The van der Waals surface area contributed by atoms with Gasteiger partial charge in [0, 0.05) is 29.6 Å². The molecule has 0 aliphatic carbocycles. The molecule has 1 atom stereocenters. The predicted octanol–water partition coefficient (Wildman–Crippen LogP) is 2.04. The number of nitrogens with zero attached hydrogens (tertiary/aromatic N) is 1. The van der Waals surface area contributed by atoms with Crippen molar-refractivity contribution in [3.8, 4) is 0 Å². The Morgan fingerprint density at radius 1 is 1.14 bits per heavy atom. The van der Waals surface area contributed by atoms with Gasteiger partial charge in [0.15, 0.2) is 0 Å². The molecule has 2 rings (SSSR count). The minimum atomic E-state index is -1.31. The van der Waals surface area contributed by atoms with E-state index in [0.29, 0.717) is 5.56 Å². The zero-order valence-corrected chi connectivity index (χ0v) is 13.3. The highest BCUT2D eigenvalue weighted by atomic mass is 32.2. The number of carboxylic acids is 1. The Hall–Kier alpha value is -1.69. The van der Waals surface area contributed by atoms with Crippen LogP contribution >= 0.6 is 0 Å². The standard InChI is InChI=1S/C16H21NO4S/c18-15(17-8-3-1-2-4-9-17)12-22(21)11-13-6-5-7-14(10-13)16(19)20/h5-7,10H,1-4,8-9,11-12H2,(H,19,20). The maximum Gasteiger partial charge on any atom is 0.335 e. The topological polar surface area (TPSA) is 74.7 Å². The van der Waals surface area contributed by atoms with Gasteiger partial charge in [-0.1, -0.05) is 25.0 Å². The van der Waals surface area contributed by atoms with Gasteiger partial charge in [-0.15, -0.1) is 0 Å². The monoisotopic (exact) mass is 323 g/mol. The lowest BCUT2D eigenvalue weighted by Crippen LogP contribution is -2.35. The first kappa shape index (κ1) is 16.7. The lowest BCUT2D eigenvalue weighted by atomic mass is 10.1. The van der Waals surface area contributed by atoms with Crippen LogP contribution in [-0.4, -0.2) is 44.9 Å². The van der Waals surface area contributed by atoms with E-state index in [4.69, 9.17) is 5.11 Å². The van der Waals surface area contributed by atoms with Crippen molar-refractivity contribution in [2.24, 2.45) is 0 Å². The van der Waals surface area contributed by atoms with Gasteiger partial charge in [-0.05, 0) is 30.5 Å². The average Bonchev–Trinajstić information content (AvgIpc) is 2.76. The molecule has 1 aromatic carbocycles. The number of benzene rings is 1. The highest BCUT2D eigenvalue weighted by Gasteiger charge is 2.18. The van der Waals surface area contributed by atoms with E-state index in [9.17, 15) is 13.8 Å². The number of hydrogen-bond acceptors (Lipinski definition) is 3. The molecular formula is C16H21NO4S. The second-order valence-electron chi connectivity index (χ2n) is 5.53. The number of hydrogen-bond donors (Lipinski definition) is 1. The summed E-state index contributed by atoms with van der Waals surface area (Å²) >= 11 is 0. The first-order chi connectivity index (χ1) is 10.6. The van der Waals surface area contributed by atoms with Crippen LogP contribution in [0.5, 0.6) is 0 Å². The van der Waals surface area contributed by atoms with Crippen LogP contribution in [0.15, 0.2) is 24.3 Å². The van der Waals surface area contributed by atoms with Crippen LogP contribution in [0.2, 0.25) is 0 Å². The minimum Gasteiger partial charge on any atom is -0.478 e. The summed E-state index contributed by atoms with van der Waals surface area (Å²) in [5.41, 5.74) is 0.857. The van der Waals surface area contributed by atoms with Gasteiger partial charge in [0.05, 0.1) is 5.56 Å². The number of carbonyl (C=O) groups is 2. The SMILES string of the molecule is O=C(O)c1cccc(CS(=O)CC(=O)N2CCCCCC2)c1. The summed E-state index contributed by atoms with van der Waals surface area (Å²) in [6, 6.07) is 6.38. The molecule has 1 N–H and O–H groups in total. The molecule has 120 valence electrons. The van der Waals surface area contributed by atoms with Crippen LogP contribution in [0.3, 0.4) is 0 Å². The van der Waals surface area contributed by atoms with Crippen molar-refractivity contribution in [1.29, 1.82) is 0 Å². The number of carbonyl (C=O) groups excluding carboxylic acids is 1. The van der Waals surface area contributed by atoms with Gasteiger partial charge in [-0.2, -0.15) is 0 Å². The van der Waals surface area contributed by atoms with E-state index in [1.54, 1.807) is 17.0 Å². The normalized spacial score (nSPS) is 16.8. The van der Waals surface area contributed by atoms with E-state index in [-0.39, 0.29) is 23.0 Å². The number of amides is 1. The van der Waals surface area contributed by atoms with Crippen molar-refractivity contribution in [3.63, 3.8) is 0 Å². The molecule has 1 aliphatic heterocycles. The Kier molecular flexibility index (Phi) is 6.12. The second-order valence-corrected chi connectivity index (χ2v) is 6.99. The molecule has 0 spiro atoms. The van der Waals surface area contributed by atoms with Crippen LogP contribution < -0.4 is 0 Å². The Labute approximate surface area is 132 Å². The molecule has 22 heavy (non-hydrogen) atoms. The van der Waals surface area contributed by atoms with E-state index in [0.717, 1.165) is 38.8 Å². The second kappa shape index (κ2) is 8.08. The van der Waals surface area contributed by atoms with Crippen LogP contribution in [0.4, 0.5) is 0 Å². The van der Waals surface area contributed by atoms with E-state index in [1.807, 2.05) is 0 Å².